The van der Waals surface area contributed by atoms with Crippen molar-refractivity contribution in [2.24, 2.45) is 5.73 Å². The van der Waals surface area contributed by atoms with E-state index in [1.807, 2.05) is 0 Å². The number of amides is 2. The summed E-state index contributed by atoms with van der Waals surface area (Å²) >= 11 is 0. The van der Waals surface area contributed by atoms with E-state index >= 15 is 0 Å². The first-order chi connectivity index (χ1) is 14.2. The van der Waals surface area contributed by atoms with Crippen molar-refractivity contribution in [1.29, 1.82) is 0 Å². The second-order valence-electron chi connectivity index (χ2n) is 7.46. The standard InChI is InChI=1S/C22H27FN4O3/c1-22(2,21(30)25-3)27-20(29)16-8-14(11-24)9-19(10-16)26-12-17(13-28)15-4-6-18(23)7-5-15/h4-10,13,17,26H,11-12,24H2,1-3H3,(H,25,30)(H,27,29). The lowest BCUT2D eigenvalue weighted by Crippen LogP contribution is -2.53. The van der Waals surface area contributed by atoms with Crippen molar-refractivity contribution >= 4 is 23.8 Å². The number of likely N-dealkylation sites (N-methyl/N-ethyl adjacent to an activating group) is 1. The van der Waals surface area contributed by atoms with Crippen LogP contribution in [-0.2, 0) is 16.1 Å². The van der Waals surface area contributed by atoms with E-state index in [-0.39, 0.29) is 24.8 Å². The Morgan fingerprint density at radius 2 is 1.83 bits per heavy atom. The van der Waals surface area contributed by atoms with Crippen LogP contribution in [0.3, 0.4) is 0 Å². The molecule has 0 saturated carbocycles. The van der Waals surface area contributed by atoms with Crippen LogP contribution in [0.25, 0.3) is 0 Å². The quantitative estimate of drug-likeness (QED) is 0.468. The number of carbonyl (C=O) groups is 3. The van der Waals surface area contributed by atoms with Gasteiger partial charge in [-0.1, -0.05) is 12.1 Å². The molecule has 0 heterocycles. The highest BCUT2D eigenvalue weighted by atomic mass is 19.1. The third kappa shape index (κ3) is 5.87. The van der Waals surface area contributed by atoms with Gasteiger partial charge in [0.1, 0.15) is 17.6 Å². The molecule has 0 radical (unpaired) electrons. The maximum absolute atomic E-state index is 13.1. The number of hydrogen-bond donors (Lipinski definition) is 4. The molecule has 0 fully saturated rings. The van der Waals surface area contributed by atoms with E-state index in [1.54, 1.807) is 44.2 Å². The number of carbonyl (C=O) groups excluding carboxylic acids is 3. The fourth-order valence-electron chi connectivity index (χ4n) is 2.95. The molecule has 0 saturated heterocycles. The predicted molar refractivity (Wildman–Crippen MR) is 114 cm³/mol. The summed E-state index contributed by atoms with van der Waals surface area (Å²) in [5.41, 5.74) is 7.00. The highest BCUT2D eigenvalue weighted by Crippen LogP contribution is 2.19. The predicted octanol–water partition coefficient (Wildman–Crippen LogP) is 1.93. The summed E-state index contributed by atoms with van der Waals surface area (Å²) in [7, 11) is 1.50. The van der Waals surface area contributed by atoms with Gasteiger partial charge in [0.05, 0.1) is 5.92 Å². The molecule has 2 amide bonds. The van der Waals surface area contributed by atoms with Crippen molar-refractivity contribution in [3.05, 3.63) is 65.0 Å². The third-order valence-corrected chi connectivity index (χ3v) is 4.70. The van der Waals surface area contributed by atoms with Crippen LogP contribution in [0.1, 0.15) is 41.3 Å². The molecule has 0 spiro atoms. The zero-order chi connectivity index (χ0) is 22.3. The first kappa shape index (κ1) is 23.0. The van der Waals surface area contributed by atoms with Gasteiger partial charge in [-0.2, -0.15) is 0 Å². The number of hydrogen-bond acceptors (Lipinski definition) is 5. The Balaban J connectivity index is 2.19. The fraction of sp³-hybridized carbons (Fsp3) is 0.318. The van der Waals surface area contributed by atoms with Gasteiger partial charge in [-0.3, -0.25) is 9.59 Å². The lowest BCUT2D eigenvalue weighted by atomic mass is 10.00. The molecule has 1 atom stereocenters. The molecule has 0 aromatic heterocycles. The monoisotopic (exact) mass is 414 g/mol. The highest BCUT2D eigenvalue weighted by Gasteiger charge is 2.29. The minimum absolute atomic E-state index is 0.212. The summed E-state index contributed by atoms with van der Waals surface area (Å²) < 4.78 is 13.1. The molecule has 5 N–H and O–H groups in total. The Morgan fingerprint density at radius 1 is 1.17 bits per heavy atom. The van der Waals surface area contributed by atoms with Crippen LogP contribution >= 0.6 is 0 Å². The Labute approximate surface area is 175 Å². The molecule has 160 valence electrons. The van der Waals surface area contributed by atoms with Gasteiger partial charge >= 0.3 is 0 Å². The van der Waals surface area contributed by atoms with Gasteiger partial charge in [-0.05, 0) is 55.3 Å². The molecular weight excluding hydrogens is 387 g/mol. The van der Waals surface area contributed by atoms with Crippen molar-refractivity contribution in [1.82, 2.24) is 10.6 Å². The van der Waals surface area contributed by atoms with Crippen LogP contribution < -0.4 is 21.7 Å². The van der Waals surface area contributed by atoms with Gasteiger partial charge < -0.3 is 26.5 Å². The van der Waals surface area contributed by atoms with E-state index in [9.17, 15) is 18.8 Å². The van der Waals surface area contributed by atoms with Gasteiger partial charge in [-0.25, -0.2) is 4.39 Å². The van der Waals surface area contributed by atoms with E-state index in [2.05, 4.69) is 16.0 Å². The second kappa shape index (κ2) is 9.98. The smallest absolute Gasteiger partial charge is 0.252 e. The first-order valence-corrected chi connectivity index (χ1v) is 9.53. The summed E-state index contributed by atoms with van der Waals surface area (Å²) in [6.07, 6.45) is 0.784. The number of anilines is 1. The Bertz CT molecular complexity index is 913. The van der Waals surface area contributed by atoms with Crippen molar-refractivity contribution < 1.29 is 18.8 Å². The zero-order valence-corrected chi connectivity index (χ0v) is 17.3. The normalized spacial score (nSPS) is 12.0. The molecular formula is C22H27FN4O3. The molecule has 8 heteroatoms. The maximum atomic E-state index is 13.1. The van der Waals surface area contributed by atoms with E-state index in [4.69, 9.17) is 5.73 Å². The fourth-order valence-corrected chi connectivity index (χ4v) is 2.95. The lowest BCUT2D eigenvalue weighted by molar-refractivity contribution is -0.125. The molecule has 0 aliphatic carbocycles. The third-order valence-electron chi connectivity index (χ3n) is 4.70. The molecule has 0 bridgehead atoms. The van der Waals surface area contributed by atoms with Gasteiger partial charge in [0.15, 0.2) is 0 Å². The number of nitrogens with two attached hydrogens (primary N) is 1. The molecule has 2 aromatic carbocycles. The molecule has 0 aliphatic heterocycles. The van der Waals surface area contributed by atoms with E-state index < -0.39 is 17.4 Å². The molecule has 2 rings (SSSR count). The van der Waals surface area contributed by atoms with Gasteiger partial charge in [0, 0.05) is 31.4 Å². The Morgan fingerprint density at radius 3 is 2.40 bits per heavy atom. The second-order valence-corrected chi connectivity index (χ2v) is 7.46. The molecule has 0 aliphatic rings. The van der Waals surface area contributed by atoms with E-state index in [1.165, 1.54) is 19.2 Å². The minimum atomic E-state index is -1.09. The van der Waals surface area contributed by atoms with Crippen LogP contribution in [-0.4, -0.2) is 37.2 Å². The zero-order valence-electron chi connectivity index (χ0n) is 17.3. The molecule has 1 unspecified atom stereocenters. The van der Waals surface area contributed by atoms with Crippen LogP contribution in [0.5, 0.6) is 0 Å². The SMILES string of the molecule is CNC(=O)C(C)(C)NC(=O)c1cc(CN)cc(NCC(C=O)c2ccc(F)cc2)c1. The Kier molecular flexibility index (Phi) is 7.66. The lowest BCUT2D eigenvalue weighted by Gasteiger charge is -2.24. The Hall–Kier alpha value is -3.26. The van der Waals surface area contributed by atoms with Crippen molar-refractivity contribution in [2.75, 3.05) is 18.9 Å². The van der Waals surface area contributed by atoms with Crippen molar-refractivity contribution in [3.8, 4) is 0 Å². The number of aldehydes is 1. The maximum Gasteiger partial charge on any atom is 0.252 e. The molecule has 30 heavy (non-hydrogen) atoms. The first-order valence-electron chi connectivity index (χ1n) is 9.53. The van der Waals surface area contributed by atoms with Gasteiger partial charge in [0.2, 0.25) is 5.91 Å². The number of benzene rings is 2. The largest absolute Gasteiger partial charge is 0.384 e. The van der Waals surface area contributed by atoms with Crippen LogP contribution in [0.2, 0.25) is 0 Å². The van der Waals surface area contributed by atoms with Crippen LogP contribution in [0.15, 0.2) is 42.5 Å². The van der Waals surface area contributed by atoms with Crippen molar-refractivity contribution in [3.63, 3.8) is 0 Å². The summed E-state index contributed by atoms with van der Waals surface area (Å²) in [5, 5.41) is 8.35. The van der Waals surface area contributed by atoms with Crippen molar-refractivity contribution in [2.45, 2.75) is 31.8 Å². The van der Waals surface area contributed by atoms with E-state index in [0.29, 0.717) is 22.4 Å². The van der Waals surface area contributed by atoms with Gasteiger partial charge in [-0.15, -0.1) is 0 Å². The van der Waals surface area contributed by atoms with Crippen LogP contribution in [0.4, 0.5) is 10.1 Å². The van der Waals surface area contributed by atoms with Crippen LogP contribution in [0, 0.1) is 5.82 Å². The minimum Gasteiger partial charge on any atom is -0.384 e. The van der Waals surface area contributed by atoms with E-state index in [0.717, 1.165) is 6.29 Å². The van der Waals surface area contributed by atoms with Gasteiger partial charge in [0.25, 0.3) is 5.91 Å². The summed E-state index contributed by atoms with van der Waals surface area (Å²) in [6, 6.07) is 10.8. The molecule has 7 nitrogen and oxygen atoms in total. The summed E-state index contributed by atoms with van der Waals surface area (Å²) in [5.74, 6) is -1.61. The average molecular weight is 414 g/mol. The highest BCUT2D eigenvalue weighted by molar-refractivity contribution is 5.99. The number of nitrogens with one attached hydrogen (secondary N) is 3. The molecule has 2 aromatic rings. The summed E-state index contributed by atoms with van der Waals surface area (Å²) in [6.45, 7) is 3.68. The summed E-state index contributed by atoms with van der Waals surface area (Å²) in [4.78, 5) is 36.1. The number of halogens is 1. The topological polar surface area (TPSA) is 113 Å². The number of rotatable bonds is 9. The average Bonchev–Trinajstić information content (AvgIpc) is 2.74.